The highest BCUT2D eigenvalue weighted by molar-refractivity contribution is 5.79. The lowest BCUT2D eigenvalue weighted by molar-refractivity contribution is -0.167. The highest BCUT2D eigenvalue weighted by Crippen LogP contribution is 2.70. The second-order valence-corrected chi connectivity index (χ2v) is 24.8. The molecule has 8 saturated carbocycles. The summed E-state index contributed by atoms with van der Waals surface area (Å²) in [5.41, 5.74) is 0.650. The minimum absolute atomic E-state index is 0.0270. The van der Waals surface area contributed by atoms with Gasteiger partial charge in [-0.3, -0.25) is 19.2 Å². The smallest absolute Gasteiger partial charge is 0.303 e. The van der Waals surface area contributed by atoms with Crippen LogP contribution in [0.25, 0.3) is 0 Å². The van der Waals surface area contributed by atoms with Crippen molar-refractivity contribution in [3.63, 3.8) is 0 Å². The van der Waals surface area contributed by atoms with E-state index in [0.29, 0.717) is 90.3 Å². The molecule has 8 aliphatic rings. The molecule has 0 bridgehead atoms. The van der Waals surface area contributed by atoms with E-state index in [9.17, 15) is 39.6 Å². The largest absolute Gasteiger partial charge is 0.481 e. The minimum atomic E-state index is -0.709. The zero-order valence-electron chi connectivity index (χ0n) is 39.9. The van der Waals surface area contributed by atoms with Crippen LogP contribution in [0.3, 0.4) is 0 Å². The first-order chi connectivity index (χ1) is 29.8. The number of carbonyl (C=O) groups is 4. The molecule has 0 aromatic rings. The number of carboxylic acid groups (broad SMARTS) is 2. The van der Waals surface area contributed by atoms with Crippen molar-refractivity contribution in [1.82, 2.24) is 10.6 Å². The van der Waals surface area contributed by atoms with E-state index in [1.165, 1.54) is 0 Å². The van der Waals surface area contributed by atoms with Crippen molar-refractivity contribution in [3.05, 3.63) is 0 Å². The fraction of sp³-hybridized carbons (Fsp3) is 0.925. The normalized spacial score (nSPS) is 47.3. The molecular weight excluding hydrogens is 793 g/mol. The lowest BCUT2D eigenvalue weighted by Gasteiger charge is -2.62. The molecule has 6 N–H and O–H groups in total. The molecule has 0 spiro atoms. The van der Waals surface area contributed by atoms with Gasteiger partial charge >= 0.3 is 11.9 Å². The Morgan fingerprint density at radius 1 is 0.508 bits per heavy atom. The van der Waals surface area contributed by atoms with E-state index < -0.39 is 11.9 Å². The number of nitrogens with one attached hydrogen (secondary N) is 2. The molecule has 0 aromatic carbocycles. The first kappa shape index (κ1) is 47.3. The number of aliphatic hydroxyl groups excluding tert-OH is 2. The standard InChI is InChI=1S/C53H86N2O8/c1-30(10-16-46(60)61)36-12-14-38-48-40(20-24-52(36,38)5)50(3)22-18-34(26-32(50)28-42(48)56)54-44(58)8-7-9-45(59)55-35-19-23-51(4)33(27-35)29-43(57)49-39-15-13-37(31(2)11-17-47(62)63)53(39,6)25-21-41(49)51/h30-43,48-49,56-57H,7-29H2,1-6H3,(H,54,58)(H,55,59)(H,60,61)(H,62,63)/t30-,31-,32?,33?,34-,35-,36-,37-,38+,39+,40?,41?,42+,43+,48?,49?,50+,51+,52-,53-/m0/s1. The van der Waals surface area contributed by atoms with Gasteiger partial charge in [-0.05, 0) is 215 Å². The van der Waals surface area contributed by atoms with Crippen LogP contribution < -0.4 is 10.6 Å². The maximum atomic E-state index is 13.3. The van der Waals surface area contributed by atoms with Crippen LogP contribution in [0.4, 0.5) is 0 Å². The van der Waals surface area contributed by atoms with Crippen molar-refractivity contribution in [2.75, 3.05) is 0 Å². The molecule has 8 fully saturated rings. The van der Waals surface area contributed by atoms with Crippen LogP contribution in [-0.2, 0) is 19.2 Å². The fourth-order valence-electron chi connectivity index (χ4n) is 18.8. The average molecular weight is 879 g/mol. The van der Waals surface area contributed by atoms with E-state index in [-0.39, 0.29) is 70.6 Å². The van der Waals surface area contributed by atoms with Gasteiger partial charge in [0.05, 0.1) is 12.2 Å². The van der Waals surface area contributed by atoms with E-state index in [1.807, 2.05) is 0 Å². The fourth-order valence-corrected chi connectivity index (χ4v) is 18.8. The van der Waals surface area contributed by atoms with Crippen LogP contribution >= 0.6 is 0 Å². The summed E-state index contributed by atoms with van der Waals surface area (Å²) in [7, 11) is 0. The summed E-state index contributed by atoms with van der Waals surface area (Å²) in [6, 6.07) is 0.214. The van der Waals surface area contributed by atoms with Crippen molar-refractivity contribution in [1.29, 1.82) is 0 Å². The molecule has 0 aromatic heterocycles. The summed E-state index contributed by atoms with van der Waals surface area (Å²) in [4.78, 5) is 49.3. The summed E-state index contributed by atoms with van der Waals surface area (Å²) in [6.07, 6.45) is 19.1. The van der Waals surface area contributed by atoms with Gasteiger partial charge in [0, 0.05) is 37.8 Å². The molecular formula is C53H86N2O8. The Kier molecular flexibility index (Phi) is 13.6. The van der Waals surface area contributed by atoms with Gasteiger partial charge in [0.15, 0.2) is 0 Å². The zero-order chi connectivity index (χ0) is 45.2. The Hall–Kier alpha value is -2.20. The molecule has 0 heterocycles. The molecule has 8 aliphatic carbocycles. The summed E-state index contributed by atoms with van der Waals surface area (Å²) >= 11 is 0. The van der Waals surface area contributed by atoms with Gasteiger partial charge < -0.3 is 31.1 Å². The summed E-state index contributed by atoms with van der Waals surface area (Å²) in [6.45, 7) is 14.4. The Morgan fingerprint density at radius 3 is 1.25 bits per heavy atom. The van der Waals surface area contributed by atoms with E-state index in [4.69, 9.17) is 0 Å². The monoisotopic (exact) mass is 879 g/mol. The third kappa shape index (κ3) is 8.67. The molecule has 10 heteroatoms. The van der Waals surface area contributed by atoms with Crippen LogP contribution in [0, 0.1) is 92.7 Å². The molecule has 0 aliphatic heterocycles. The maximum absolute atomic E-state index is 13.3. The molecule has 0 radical (unpaired) electrons. The second kappa shape index (κ2) is 18.1. The van der Waals surface area contributed by atoms with Gasteiger partial charge in [-0.2, -0.15) is 0 Å². The molecule has 63 heavy (non-hydrogen) atoms. The molecule has 0 saturated heterocycles. The summed E-state index contributed by atoms with van der Waals surface area (Å²) < 4.78 is 0. The van der Waals surface area contributed by atoms with E-state index >= 15 is 0 Å². The van der Waals surface area contributed by atoms with Gasteiger partial charge in [-0.25, -0.2) is 0 Å². The number of aliphatic hydroxyl groups is 2. The SMILES string of the molecule is C[C@@H](CCC(=O)O)[C@@H]1CC[C@@H]2C3C(CC[C@]21C)[C@]1(C)CC[C@H](NC(=O)CCCC(=O)N[C@H]2CC[C@]4(C)C(C2)C[C@@H](O)C2C4CC[C@]4(C)[C@@H]2CC[C@H]4[C@@H](C)CCC(=O)O)CC1C[C@H]3O. The molecule has 2 amide bonds. The van der Waals surface area contributed by atoms with Crippen molar-refractivity contribution in [2.24, 2.45) is 92.7 Å². The molecule has 8 rings (SSSR count). The topological polar surface area (TPSA) is 173 Å². The van der Waals surface area contributed by atoms with Crippen LogP contribution in [0.15, 0.2) is 0 Å². The van der Waals surface area contributed by atoms with E-state index in [1.54, 1.807) is 0 Å². The van der Waals surface area contributed by atoms with E-state index in [0.717, 1.165) is 116 Å². The minimum Gasteiger partial charge on any atom is -0.481 e. The van der Waals surface area contributed by atoms with Gasteiger partial charge in [0.25, 0.3) is 0 Å². The number of amides is 2. The highest BCUT2D eigenvalue weighted by Gasteiger charge is 2.65. The Bertz CT molecular complexity index is 1590. The van der Waals surface area contributed by atoms with Crippen molar-refractivity contribution in [2.45, 2.75) is 214 Å². The molecule has 356 valence electrons. The van der Waals surface area contributed by atoms with Crippen LogP contribution in [0.2, 0.25) is 0 Å². The summed E-state index contributed by atoms with van der Waals surface area (Å²) in [5.74, 6) is 3.77. The molecule has 10 nitrogen and oxygen atoms in total. The number of fused-ring (bicyclic) bond motifs is 10. The first-order valence-corrected chi connectivity index (χ1v) is 26.2. The van der Waals surface area contributed by atoms with Crippen molar-refractivity contribution >= 4 is 23.8 Å². The third-order valence-electron chi connectivity index (χ3n) is 22.1. The molecule has 6 unspecified atom stereocenters. The predicted molar refractivity (Wildman–Crippen MR) is 243 cm³/mol. The van der Waals surface area contributed by atoms with E-state index in [2.05, 4.69) is 52.2 Å². The lowest BCUT2D eigenvalue weighted by atomic mass is 9.43. The Labute approximate surface area is 379 Å². The highest BCUT2D eigenvalue weighted by atomic mass is 16.4. The lowest BCUT2D eigenvalue weighted by Crippen LogP contribution is -2.59. The van der Waals surface area contributed by atoms with Gasteiger partial charge in [0.1, 0.15) is 0 Å². The van der Waals surface area contributed by atoms with Crippen LogP contribution in [-0.4, -0.2) is 68.5 Å². The van der Waals surface area contributed by atoms with Gasteiger partial charge in [0.2, 0.25) is 11.8 Å². The van der Waals surface area contributed by atoms with Gasteiger partial charge in [-0.15, -0.1) is 0 Å². The first-order valence-electron chi connectivity index (χ1n) is 26.2. The average Bonchev–Trinajstić information content (AvgIpc) is 3.77. The second-order valence-electron chi connectivity index (χ2n) is 24.8. The number of rotatable bonds is 14. The number of hydrogen-bond donors (Lipinski definition) is 6. The van der Waals surface area contributed by atoms with Crippen molar-refractivity contribution in [3.8, 4) is 0 Å². The quantitative estimate of drug-likeness (QED) is 0.100. The van der Waals surface area contributed by atoms with Gasteiger partial charge in [-0.1, -0.05) is 41.5 Å². The predicted octanol–water partition coefficient (Wildman–Crippen LogP) is 9.39. The number of hydrogen-bond acceptors (Lipinski definition) is 6. The Balaban J connectivity index is 0.775. The number of carboxylic acids is 2. The van der Waals surface area contributed by atoms with Crippen LogP contribution in [0.5, 0.6) is 0 Å². The Morgan fingerprint density at radius 2 is 0.873 bits per heavy atom. The maximum Gasteiger partial charge on any atom is 0.303 e. The number of aliphatic carboxylic acids is 2. The number of carbonyl (C=O) groups excluding carboxylic acids is 2. The summed E-state index contributed by atoms with van der Waals surface area (Å²) in [5, 5.41) is 49.1. The third-order valence-corrected chi connectivity index (χ3v) is 22.1. The van der Waals surface area contributed by atoms with Crippen molar-refractivity contribution < 1.29 is 39.6 Å². The van der Waals surface area contributed by atoms with Crippen LogP contribution in [0.1, 0.15) is 189 Å². The zero-order valence-corrected chi connectivity index (χ0v) is 39.9. The molecule has 20 atom stereocenters.